The van der Waals surface area contributed by atoms with Crippen LogP contribution in [0.3, 0.4) is 0 Å². The van der Waals surface area contributed by atoms with Gasteiger partial charge in [0.1, 0.15) is 5.75 Å². The molecule has 0 aliphatic heterocycles. The number of benzene rings is 2. The zero-order valence-corrected chi connectivity index (χ0v) is 18.9. The predicted octanol–water partition coefficient (Wildman–Crippen LogP) is 5.91. The summed E-state index contributed by atoms with van der Waals surface area (Å²) >= 11 is 0. The monoisotopic (exact) mass is 436 g/mol. The number of hydrogen-bond donors (Lipinski definition) is 2. The van der Waals surface area contributed by atoms with Gasteiger partial charge in [-0.2, -0.15) is 5.10 Å². The highest BCUT2D eigenvalue weighted by Crippen LogP contribution is 2.28. The Labute approximate surface area is 191 Å². The Morgan fingerprint density at radius 3 is 2.62 bits per heavy atom. The summed E-state index contributed by atoms with van der Waals surface area (Å²) < 4.78 is 15.0. The Morgan fingerprint density at radius 2 is 1.94 bits per heavy atom. The van der Waals surface area contributed by atoms with Gasteiger partial charge in [-0.15, -0.1) is 0 Å². The van der Waals surface area contributed by atoms with Crippen molar-refractivity contribution in [3.8, 4) is 16.9 Å². The van der Waals surface area contributed by atoms with Gasteiger partial charge in [-0.1, -0.05) is 37.3 Å². The van der Waals surface area contributed by atoms with E-state index in [0.717, 1.165) is 41.0 Å². The van der Waals surface area contributed by atoms with E-state index in [1.54, 1.807) is 6.20 Å². The molecule has 2 N–H and O–H groups in total. The van der Waals surface area contributed by atoms with Crippen molar-refractivity contribution in [2.75, 3.05) is 11.5 Å². The average Bonchev–Trinajstić information content (AvgIpc) is 3.35. The third kappa shape index (κ3) is 6.61. The second-order valence-electron chi connectivity index (χ2n) is 7.87. The van der Waals surface area contributed by atoms with Crippen LogP contribution in [0.2, 0.25) is 0 Å². The second-order valence-corrected chi connectivity index (χ2v) is 7.87. The quantitative estimate of drug-likeness (QED) is 0.326. The highest BCUT2D eigenvalue weighted by Gasteiger charge is 2.16. The lowest BCUT2D eigenvalue weighted by molar-refractivity contribution is -0.137. The molecule has 6 nitrogen and oxygen atoms in total. The minimum absolute atomic E-state index is 0.198. The fourth-order valence-corrected chi connectivity index (χ4v) is 3.56. The van der Waals surface area contributed by atoms with Crippen LogP contribution in [0.4, 0.5) is 5.69 Å². The Kier molecular flexibility index (Phi) is 8.18. The maximum absolute atomic E-state index is 10.6. The molecule has 0 aliphatic rings. The van der Waals surface area contributed by atoms with Gasteiger partial charge in [0, 0.05) is 42.0 Å². The first-order valence-electron chi connectivity index (χ1n) is 11.7. The molecule has 0 aliphatic carbocycles. The number of nitrogens with zero attached hydrogens (tertiary/aromatic N) is 2. The zero-order chi connectivity index (χ0) is 23.7. The van der Waals surface area contributed by atoms with Gasteiger partial charge in [-0.3, -0.25) is 9.89 Å². The smallest absolute Gasteiger partial charge is 0.303 e. The van der Waals surface area contributed by atoms with E-state index >= 15 is 0 Å². The van der Waals surface area contributed by atoms with Crippen molar-refractivity contribution in [3.63, 3.8) is 0 Å². The van der Waals surface area contributed by atoms with Crippen molar-refractivity contribution >= 4 is 11.7 Å². The molecule has 3 aromatic rings. The SMILES string of the molecule is [2H]C(C)(CC)N(Cc1ccccc1OCCCCCC(=O)O)c1ccc(-c2cn[nH]c2)cc1. The standard InChI is InChI=1S/C26H33N3O3/c1-3-20(2)29(24-14-12-21(13-15-24)23-17-27-28-18-23)19-22-9-6-7-10-25(22)32-16-8-4-5-11-26(30)31/h6-7,9-10,12-15,17-18,20H,3-5,8,11,16,19H2,1-2H3,(H,27,28)(H,30,31)/i20D. The number of hydrogen-bond acceptors (Lipinski definition) is 4. The van der Waals surface area contributed by atoms with Crippen molar-refractivity contribution in [1.82, 2.24) is 10.2 Å². The van der Waals surface area contributed by atoms with E-state index in [2.05, 4.69) is 39.4 Å². The molecule has 2 aromatic carbocycles. The van der Waals surface area contributed by atoms with Crippen molar-refractivity contribution < 1.29 is 16.0 Å². The Hall–Kier alpha value is -3.28. The number of carboxylic acid groups (broad SMARTS) is 1. The molecule has 6 heteroatoms. The molecule has 170 valence electrons. The zero-order valence-electron chi connectivity index (χ0n) is 19.9. The molecule has 0 saturated heterocycles. The van der Waals surface area contributed by atoms with E-state index in [9.17, 15) is 4.79 Å². The fourth-order valence-electron chi connectivity index (χ4n) is 3.56. The predicted molar refractivity (Wildman–Crippen MR) is 128 cm³/mol. The maximum Gasteiger partial charge on any atom is 0.303 e. The number of ether oxygens (including phenoxy) is 1. The lowest BCUT2D eigenvalue weighted by atomic mass is 10.1. The molecule has 0 spiro atoms. The largest absolute Gasteiger partial charge is 0.493 e. The van der Waals surface area contributed by atoms with Gasteiger partial charge < -0.3 is 14.7 Å². The molecule has 0 saturated carbocycles. The molecule has 1 unspecified atom stereocenters. The molecule has 0 radical (unpaired) electrons. The van der Waals surface area contributed by atoms with Crippen molar-refractivity contribution in [3.05, 3.63) is 66.5 Å². The molecule has 0 amide bonds. The first-order valence-corrected chi connectivity index (χ1v) is 11.2. The summed E-state index contributed by atoms with van der Waals surface area (Å²) in [5.41, 5.74) is 4.10. The minimum Gasteiger partial charge on any atom is -0.493 e. The summed E-state index contributed by atoms with van der Waals surface area (Å²) in [6.45, 7) is 5.05. The van der Waals surface area contributed by atoms with E-state index in [1.807, 2.05) is 44.3 Å². The summed E-state index contributed by atoms with van der Waals surface area (Å²) in [6, 6.07) is 15.4. The summed E-state index contributed by atoms with van der Waals surface area (Å²) in [6.07, 6.45) is 6.82. The van der Waals surface area contributed by atoms with Crippen molar-refractivity contribution in [2.24, 2.45) is 0 Å². The molecule has 3 rings (SSSR count). The highest BCUT2D eigenvalue weighted by molar-refractivity contribution is 5.66. The number of unbranched alkanes of at least 4 members (excludes halogenated alkanes) is 2. The van der Waals surface area contributed by atoms with Crippen molar-refractivity contribution in [1.29, 1.82) is 0 Å². The minimum atomic E-state index is -0.791. The highest BCUT2D eigenvalue weighted by atomic mass is 16.5. The van der Waals surface area contributed by atoms with E-state index in [-0.39, 0.29) is 6.42 Å². The van der Waals surface area contributed by atoms with Gasteiger partial charge in [0.15, 0.2) is 0 Å². The van der Waals surface area contributed by atoms with Crippen LogP contribution in [-0.4, -0.2) is 33.9 Å². The number of aromatic nitrogens is 2. The molecular formula is C26H33N3O3. The van der Waals surface area contributed by atoms with E-state index in [1.165, 1.54) is 0 Å². The Balaban J connectivity index is 1.73. The van der Waals surface area contributed by atoms with Gasteiger partial charge >= 0.3 is 5.97 Å². The van der Waals surface area contributed by atoms with Crippen LogP contribution in [0, 0.1) is 0 Å². The van der Waals surface area contributed by atoms with E-state index in [4.69, 9.17) is 11.2 Å². The number of carboxylic acids is 1. The van der Waals surface area contributed by atoms with Gasteiger partial charge in [-0.25, -0.2) is 0 Å². The number of anilines is 1. The van der Waals surface area contributed by atoms with Crippen LogP contribution in [0.25, 0.3) is 11.1 Å². The maximum atomic E-state index is 10.6. The van der Waals surface area contributed by atoms with Crippen molar-refractivity contribution in [2.45, 2.75) is 58.5 Å². The average molecular weight is 437 g/mol. The fraction of sp³-hybridized carbons (Fsp3) is 0.385. The number of aliphatic carboxylic acids is 1. The van der Waals surface area contributed by atoms with E-state index in [0.29, 0.717) is 26.0 Å². The second kappa shape index (κ2) is 11.9. The van der Waals surface area contributed by atoms with Gasteiger partial charge in [0.05, 0.1) is 14.2 Å². The molecule has 1 heterocycles. The van der Waals surface area contributed by atoms with Crippen LogP contribution in [-0.2, 0) is 11.3 Å². The molecule has 0 bridgehead atoms. The van der Waals surface area contributed by atoms with E-state index < -0.39 is 12.0 Å². The van der Waals surface area contributed by atoms with Crippen LogP contribution in [0.5, 0.6) is 5.75 Å². The number of aromatic amines is 1. The molecule has 0 fully saturated rings. The Morgan fingerprint density at radius 1 is 1.16 bits per heavy atom. The Bertz CT molecular complexity index is 1000. The van der Waals surface area contributed by atoms with Crippen LogP contribution >= 0.6 is 0 Å². The lowest BCUT2D eigenvalue weighted by Crippen LogP contribution is -2.32. The summed E-state index contributed by atoms with van der Waals surface area (Å²) in [4.78, 5) is 12.7. The van der Waals surface area contributed by atoms with Crippen LogP contribution < -0.4 is 9.64 Å². The normalized spacial score (nSPS) is 13.2. The summed E-state index contributed by atoms with van der Waals surface area (Å²) in [5.74, 6) is 0.0520. The third-order valence-electron chi connectivity index (χ3n) is 5.58. The van der Waals surface area contributed by atoms with Crippen LogP contribution in [0.15, 0.2) is 60.9 Å². The lowest BCUT2D eigenvalue weighted by Gasteiger charge is -2.31. The number of nitrogens with one attached hydrogen (secondary N) is 1. The molecule has 32 heavy (non-hydrogen) atoms. The number of para-hydroxylation sites is 1. The van der Waals surface area contributed by atoms with Gasteiger partial charge in [0.25, 0.3) is 0 Å². The number of rotatable bonds is 13. The van der Waals surface area contributed by atoms with Crippen LogP contribution in [0.1, 0.15) is 52.9 Å². The van der Waals surface area contributed by atoms with Gasteiger partial charge in [-0.05, 0) is 56.4 Å². The topological polar surface area (TPSA) is 78.4 Å². The summed E-state index contributed by atoms with van der Waals surface area (Å²) in [5, 5.41) is 15.6. The summed E-state index contributed by atoms with van der Waals surface area (Å²) in [7, 11) is 0. The number of H-pyrrole nitrogens is 1. The first kappa shape index (κ1) is 21.9. The van der Waals surface area contributed by atoms with Gasteiger partial charge in [0.2, 0.25) is 0 Å². The molecule has 1 aromatic heterocycles. The number of carbonyl (C=O) groups is 1. The third-order valence-corrected chi connectivity index (χ3v) is 5.58. The molecule has 1 atom stereocenters. The molecular weight excluding hydrogens is 402 g/mol. The first-order chi connectivity index (χ1) is 15.9.